The van der Waals surface area contributed by atoms with Crippen molar-refractivity contribution in [1.29, 1.82) is 0 Å². The van der Waals surface area contributed by atoms with Gasteiger partial charge in [0.25, 0.3) is 0 Å². The minimum atomic E-state index is 0. The molecule has 0 N–H and O–H groups in total. The van der Waals surface area contributed by atoms with Crippen molar-refractivity contribution in [2.24, 2.45) is 0 Å². The molecule has 0 aliphatic heterocycles. The van der Waals surface area contributed by atoms with E-state index in [1.54, 1.807) is 6.08 Å². The third-order valence-electron chi connectivity index (χ3n) is 0.204. The molecule has 7 heavy (non-hydrogen) atoms. The summed E-state index contributed by atoms with van der Waals surface area (Å²) in [6.45, 7) is 6.90. The van der Waals surface area contributed by atoms with E-state index in [0.29, 0.717) is 0 Å². The molecule has 0 aromatic heterocycles. The van der Waals surface area contributed by atoms with Crippen molar-refractivity contribution in [3.05, 3.63) is 27.0 Å². The van der Waals surface area contributed by atoms with Crippen LogP contribution in [0.4, 0.5) is 0 Å². The molecule has 0 radical (unpaired) electrons. The Balaban J connectivity index is -0.0000000150. The van der Waals surface area contributed by atoms with Gasteiger partial charge in [-0.15, -0.1) is 25.1 Å². The minimum Gasteiger partial charge on any atom is -0.358 e. The summed E-state index contributed by atoms with van der Waals surface area (Å²) in [7, 11) is 0. The average molecular weight is 131 g/mol. The van der Waals surface area contributed by atoms with Gasteiger partial charge < -0.3 is 14.4 Å². The molecule has 0 fully saturated rings. The molecule has 0 spiro atoms. The average Bonchev–Trinajstić information content (AvgIpc) is 1.37. The third kappa shape index (κ3) is 48.5. The maximum absolute atomic E-state index is 3.49. The van der Waals surface area contributed by atoms with E-state index < -0.39 is 0 Å². The van der Waals surface area contributed by atoms with Crippen molar-refractivity contribution >= 4 is 35.5 Å². The molecule has 40 valence electrons. The van der Waals surface area contributed by atoms with Crippen LogP contribution >= 0.6 is 12.4 Å². The van der Waals surface area contributed by atoms with E-state index in [1.165, 1.54) is 0 Å². The van der Waals surface area contributed by atoms with Crippen molar-refractivity contribution in [2.75, 3.05) is 0 Å². The summed E-state index contributed by atoms with van der Waals surface area (Å²) in [6.07, 6.45) is 2.60. The Morgan fingerprint density at radius 3 is 1.71 bits per heavy atom. The van der Waals surface area contributed by atoms with Crippen LogP contribution in [0.2, 0.25) is 0 Å². The molecule has 0 aliphatic rings. The topological polar surface area (TPSA) is 0 Å². The second-order valence-corrected chi connectivity index (χ2v) is 0.577. The first-order valence-electron chi connectivity index (χ1n) is 1.32. The molecule has 0 rings (SSSR count). The van der Waals surface area contributed by atoms with E-state index in [4.69, 9.17) is 0 Å². The van der Waals surface area contributed by atoms with E-state index >= 15 is 0 Å². The van der Waals surface area contributed by atoms with Crippen LogP contribution in [-0.2, 0) is 0 Å². The standard InChI is InChI=1S/C4H7.CH3.ClH.Mg/c1-3-4-2;;;/h3H,1-2,4H2;1H3;1H;/q2*-1;;+2. The molecular weight excluding hydrogens is 120 g/mol. The van der Waals surface area contributed by atoms with Gasteiger partial charge in [0.05, 0.1) is 0 Å². The molecule has 0 atom stereocenters. The van der Waals surface area contributed by atoms with Crippen LogP contribution in [0.1, 0.15) is 6.42 Å². The number of rotatable bonds is 1. The van der Waals surface area contributed by atoms with E-state index in [0.717, 1.165) is 6.42 Å². The van der Waals surface area contributed by atoms with Gasteiger partial charge in [0.1, 0.15) is 0 Å². The first-order valence-corrected chi connectivity index (χ1v) is 1.32. The first-order chi connectivity index (χ1) is 1.91. The Labute approximate surface area is 68.9 Å². The molecule has 0 aliphatic carbocycles. The fourth-order valence-corrected chi connectivity index (χ4v) is 0. The van der Waals surface area contributed by atoms with E-state index in [1.807, 2.05) is 0 Å². The predicted molar refractivity (Wildman–Crippen MR) is 39.6 cm³/mol. The molecule has 0 bridgehead atoms. The number of halogens is 1. The zero-order chi connectivity index (χ0) is 3.41. The molecule has 0 aromatic carbocycles. The fraction of sp³-hybridized carbons (Fsp3) is 0.200. The molecule has 0 saturated carbocycles. The second-order valence-electron chi connectivity index (χ2n) is 0.577. The summed E-state index contributed by atoms with van der Waals surface area (Å²) >= 11 is 0. The van der Waals surface area contributed by atoms with Crippen LogP contribution in [0.25, 0.3) is 0 Å². The zero-order valence-corrected chi connectivity index (χ0v) is 7.04. The Hall–Kier alpha value is 0.796. The predicted octanol–water partition coefficient (Wildman–Crippen LogP) is 1.89. The van der Waals surface area contributed by atoms with Crippen molar-refractivity contribution in [2.45, 2.75) is 6.42 Å². The smallest absolute Gasteiger partial charge is 0.358 e. The monoisotopic (exact) mass is 130 g/mol. The SMILES string of the molecule is C=CC[CH2-].Cl.[CH3-].[Mg+2]. The Kier molecular flexibility index (Phi) is 104. The van der Waals surface area contributed by atoms with Crippen molar-refractivity contribution in [3.63, 3.8) is 0 Å². The Morgan fingerprint density at radius 2 is 1.71 bits per heavy atom. The van der Waals surface area contributed by atoms with Gasteiger partial charge in [0.2, 0.25) is 0 Å². The van der Waals surface area contributed by atoms with Crippen LogP contribution < -0.4 is 0 Å². The van der Waals surface area contributed by atoms with Crippen molar-refractivity contribution in [1.82, 2.24) is 0 Å². The van der Waals surface area contributed by atoms with Gasteiger partial charge in [-0.25, -0.2) is 0 Å². The van der Waals surface area contributed by atoms with Gasteiger partial charge in [-0.2, -0.15) is 6.42 Å². The fourth-order valence-electron chi connectivity index (χ4n) is 0. The minimum absolute atomic E-state index is 0. The number of hydrogen-bond acceptors (Lipinski definition) is 0. The summed E-state index contributed by atoms with van der Waals surface area (Å²) < 4.78 is 0. The van der Waals surface area contributed by atoms with Crippen LogP contribution in [0.3, 0.4) is 0 Å². The van der Waals surface area contributed by atoms with Crippen molar-refractivity contribution in [3.8, 4) is 0 Å². The summed E-state index contributed by atoms with van der Waals surface area (Å²) in [5.41, 5.74) is 0. The molecule has 0 heterocycles. The quantitative estimate of drug-likeness (QED) is 0.289. The zero-order valence-electron chi connectivity index (χ0n) is 4.81. The van der Waals surface area contributed by atoms with Crippen LogP contribution in [0.5, 0.6) is 0 Å². The maximum Gasteiger partial charge on any atom is 2.00 e. The second kappa shape index (κ2) is 29.2. The third-order valence-corrected chi connectivity index (χ3v) is 0.204. The first kappa shape index (κ1) is 25.0. The van der Waals surface area contributed by atoms with Gasteiger partial charge in [0.15, 0.2) is 0 Å². The largest absolute Gasteiger partial charge is 2.00 e. The Morgan fingerprint density at radius 1 is 1.57 bits per heavy atom. The molecule has 0 nitrogen and oxygen atoms in total. The summed E-state index contributed by atoms with van der Waals surface area (Å²) in [4.78, 5) is 0. The van der Waals surface area contributed by atoms with E-state index in [2.05, 4.69) is 13.5 Å². The van der Waals surface area contributed by atoms with Gasteiger partial charge in [-0.1, -0.05) is 0 Å². The molecule has 0 aromatic rings. The van der Waals surface area contributed by atoms with E-state index in [9.17, 15) is 0 Å². The van der Waals surface area contributed by atoms with Crippen LogP contribution in [0.15, 0.2) is 12.7 Å². The van der Waals surface area contributed by atoms with Gasteiger partial charge in [-0.3, -0.25) is 0 Å². The molecule has 0 amide bonds. The molecular formula is C5H11ClMg. The molecule has 2 heteroatoms. The molecule has 0 saturated heterocycles. The molecule has 0 unspecified atom stereocenters. The van der Waals surface area contributed by atoms with Crippen molar-refractivity contribution < 1.29 is 0 Å². The summed E-state index contributed by atoms with van der Waals surface area (Å²) in [5.74, 6) is 0. The van der Waals surface area contributed by atoms with Gasteiger partial charge >= 0.3 is 23.1 Å². The Bertz CT molecular complexity index is 22.0. The van der Waals surface area contributed by atoms with Gasteiger partial charge in [0, 0.05) is 0 Å². The summed E-state index contributed by atoms with van der Waals surface area (Å²) in [5, 5.41) is 0. The maximum atomic E-state index is 3.49. The van der Waals surface area contributed by atoms with E-state index in [-0.39, 0.29) is 42.9 Å². The van der Waals surface area contributed by atoms with Gasteiger partial charge in [-0.05, 0) is 0 Å². The summed E-state index contributed by atoms with van der Waals surface area (Å²) in [6, 6.07) is 0. The van der Waals surface area contributed by atoms with Crippen LogP contribution in [-0.4, -0.2) is 23.1 Å². The number of hydrogen-bond donors (Lipinski definition) is 0. The number of allylic oxidation sites excluding steroid dienone is 1. The van der Waals surface area contributed by atoms with Crippen LogP contribution in [0, 0.1) is 14.4 Å². The normalized spacial score (nSPS) is 3.57.